The fourth-order valence-electron chi connectivity index (χ4n) is 4.01. The second-order valence-electron chi connectivity index (χ2n) is 6.83. The summed E-state index contributed by atoms with van der Waals surface area (Å²) in [5.41, 5.74) is 4.88. The average molecular weight is 338 g/mol. The van der Waals surface area contributed by atoms with Crippen LogP contribution in [0.3, 0.4) is 0 Å². The number of aromatic nitrogens is 3. The molecule has 0 amide bonds. The maximum Gasteiger partial charge on any atom is 0.116 e. The van der Waals surface area contributed by atoms with Crippen molar-refractivity contribution in [1.82, 2.24) is 14.2 Å². The Kier molecular flexibility index (Phi) is 4.25. The van der Waals surface area contributed by atoms with Crippen molar-refractivity contribution in [1.29, 1.82) is 0 Å². The lowest BCUT2D eigenvalue weighted by Gasteiger charge is -2.36. The Morgan fingerprint density at radius 3 is 2.72 bits per heavy atom. The molecular weight excluding hydrogens is 312 g/mol. The van der Waals surface area contributed by atoms with E-state index in [2.05, 4.69) is 58.7 Å². The lowest BCUT2D eigenvalue weighted by Crippen LogP contribution is -2.40. The first-order valence-electron chi connectivity index (χ1n) is 9.13. The van der Waals surface area contributed by atoms with Crippen LogP contribution in [-0.4, -0.2) is 40.0 Å². The first-order chi connectivity index (χ1) is 12.2. The van der Waals surface area contributed by atoms with Gasteiger partial charge in [0.1, 0.15) is 5.82 Å². The van der Waals surface area contributed by atoms with Crippen molar-refractivity contribution in [2.75, 3.05) is 24.7 Å². The number of rotatable bonds is 4. The molecule has 4 heterocycles. The summed E-state index contributed by atoms with van der Waals surface area (Å²) in [7, 11) is 1.99. The third kappa shape index (κ3) is 2.82. The maximum atomic E-state index is 5.57. The van der Waals surface area contributed by atoms with Gasteiger partial charge in [-0.05, 0) is 50.5 Å². The fourth-order valence-corrected chi connectivity index (χ4v) is 4.01. The molecule has 0 aromatic carbocycles. The molecule has 0 aliphatic carbocycles. The van der Waals surface area contributed by atoms with Crippen LogP contribution in [0.2, 0.25) is 0 Å². The van der Waals surface area contributed by atoms with Crippen molar-refractivity contribution in [2.24, 2.45) is 7.05 Å². The van der Waals surface area contributed by atoms with Crippen molar-refractivity contribution in [3.63, 3.8) is 0 Å². The Morgan fingerprint density at radius 2 is 2.04 bits per heavy atom. The van der Waals surface area contributed by atoms with E-state index in [1.807, 2.05) is 17.9 Å². The van der Waals surface area contributed by atoms with Crippen molar-refractivity contribution in [3.05, 3.63) is 42.2 Å². The largest absolute Gasteiger partial charge is 0.381 e. The second-order valence-corrected chi connectivity index (χ2v) is 6.83. The molecule has 4 rings (SSSR count). The molecule has 3 aromatic heterocycles. The molecule has 0 spiro atoms. The number of hydrogen-bond acceptors (Lipinski definition) is 3. The molecule has 1 fully saturated rings. The van der Waals surface area contributed by atoms with Gasteiger partial charge in [-0.25, -0.2) is 0 Å². The lowest BCUT2D eigenvalue weighted by molar-refractivity contribution is 0.0844. The molecule has 0 saturated carbocycles. The molecule has 3 aromatic rings. The van der Waals surface area contributed by atoms with Crippen molar-refractivity contribution < 1.29 is 4.74 Å². The van der Waals surface area contributed by atoms with Gasteiger partial charge in [0, 0.05) is 56.3 Å². The zero-order chi connectivity index (χ0) is 17.4. The molecule has 25 heavy (non-hydrogen) atoms. The van der Waals surface area contributed by atoms with E-state index in [-0.39, 0.29) is 0 Å². The molecule has 0 unspecified atom stereocenters. The van der Waals surface area contributed by atoms with Crippen LogP contribution in [-0.2, 0) is 11.8 Å². The van der Waals surface area contributed by atoms with Gasteiger partial charge in [-0.15, -0.1) is 0 Å². The van der Waals surface area contributed by atoms with E-state index in [4.69, 9.17) is 4.74 Å². The van der Waals surface area contributed by atoms with Crippen LogP contribution < -0.4 is 4.90 Å². The summed E-state index contributed by atoms with van der Waals surface area (Å²) in [6.07, 6.45) is 6.29. The molecule has 1 saturated heterocycles. The third-order valence-corrected chi connectivity index (χ3v) is 5.30. The standard InChI is InChI=1S/C20H26N4O/c1-4-23(17-8-11-25-12-9-17)20-15(2)5-6-18-13-16(14-24(18)20)19-7-10-21-22(19)3/h5-7,10,13-14,17H,4,8-9,11-12H2,1-3H3. The molecule has 0 radical (unpaired) electrons. The van der Waals surface area contributed by atoms with Gasteiger partial charge >= 0.3 is 0 Å². The Bertz CT molecular complexity index is 873. The number of nitrogens with zero attached hydrogens (tertiary/aromatic N) is 4. The third-order valence-electron chi connectivity index (χ3n) is 5.30. The highest BCUT2D eigenvalue weighted by molar-refractivity contribution is 5.71. The highest BCUT2D eigenvalue weighted by Gasteiger charge is 2.24. The summed E-state index contributed by atoms with van der Waals surface area (Å²) in [5.74, 6) is 1.31. The molecule has 1 aliphatic rings. The minimum absolute atomic E-state index is 0.547. The molecule has 0 bridgehead atoms. The number of fused-ring (bicyclic) bond motifs is 1. The van der Waals surface area contributed by atoms with Crippen LogP contribution in [0.25, 0.3) is 16.8 Å². The molecule has 5 nitrogen and oxygen atoms in total. The summed E-state index contributed by atoms with van der Waals surface area (Å²) >= 11 is 0. The van der Waals surface area contributed by atoms with Gasteiger partial charge < -0.3 is 14.0 Å². The van der Waals surface area contributed by atoms with Gasteiger partial charge in [0.15, 0.2) is 0 Å². The van der Waals surface area contributed by atoms with Crippen LogP contribution in [0.15, 0.2) is 36.7 Å². The van der Waals surface area contributed by atoms with Crippen LogP contribution in [0.5, 0.6) is 0 Å². The fraction of sp³-hybridized carbons (Fsp3) is 0.450. The molecular formula is C20H26N4O. The normalized spacial score (nSPS) is 15.8. The minimum atomic E-state index is 0.547. The maximum absolute atomic E-state index is 5.57. The van der Waals surface area contributed by atoms with E-state index in [9.17, 15) is 0 Å². The van der Waals surface area contributed by atoms with E-state index in [0.717, 1.165) is 38.3 Å². The zero-order valence-electron chi connectivity index (χ0n) is 15.3. The number of ether oxygens (including phenoxy) is 1. The van der Waals surface area contributed by atoms with E-state index in [1.165, 1.54) is 22.5 Å². The van der Waals surface area contributed by atoms with E-state index < -0.39 is 0 Å². The number of anilines is 1. The quantitative estimate of drug-likeness (QED) is 0.728. The highest BCUT2D eigenvalue weighted by atomic mass is 16.5. The van der Waals surface area contributed by atoms with Crippen LogP contribution in [0.1, 0.15) is 25.3 Å². The smallest absolute Gasteiger partial charge is 0.116 e. The van der Waals surface area contributed by atoms with Gasteiger partial charge in [-0.3, -0.25) is 4.68 Å². The first kappa shape index (κ1) is 16.2. The Morgan fingerprint density at radius 1 is 1.24 bits per heavy atom. The van der Waals surface area contributed by atoms with Gasteiger partial charge in [0.25, 0.3) is 0 Å². The van der Waals surface area contributed by atoms with Crippen molar-refractivity contribution in [3.8, 4) is 11.3 Å². The predicted molar refractivity (Wildman–Crippen MR) is 101 cm³/mol. The molecule has 1 aliphatic heterocycles. The Labute approximate surface area is 148 Å². The predicted octanol–water partition coefficient (Wildman–Crippen LogP) is 3.65. The molecule has 0 atom stereocenters. The number of hydrogen-bond donors (Lipinski definition) is 0. The second kappa shape index (κ2) is 6.56. The van der Waals surface area contributed by atoms with Crippen molar-refractivity contribution >= 4 is 11.3 Å². The van der Waals surface area contributed by atoms with Gasteiger partial charge in [-0.2, -0.15) is 5.10 Å². The van der Waals surface area contributed by atoms with Gasteiger partial charge in [0.05, 0.1) is 5.69 Å². The van der Waals surface area contributed by atoms with E-state index in [0.29, 0.717) is 6.04 Å². The lowest BCUT2D eigenvalue weighted by atomic mass is 10.1. The summed E-state index contributed by atoms with van der Waals surface area (Å²) in [5, 5.41) is 4.31. The number of pyridine rings is 1. The highest BCUT2D eigenvalue weighted by Crippen LogP contribution is 2.31. The molecule has 0 N–H and O–H groups in total. The SMILES string of the molecule is CCN(c1c(C)ccc2cc(-c3ccnn3C)cn12)C1CCOCC1. The van der Waals surface area contributed by atoms with Crippen LogP contribution >= 0.6 is 0 Å². The molecule has 132 valence electrons. The zero-order valence-corrected chi connectivity index (χ0v) is 15.3. The van der Waals surface area contributed by atoms with E-state index in [1.54, 1.807) is 0 Å². The average Bonchev–Trinajstić information content (AvgIpc) is 3.24. The molecule has 5 heteroatoms. The van der Waals surface area contributed by atoms with Crippen molar-refractivity contribution in [2.45, 2.75) is 32.7 Å². The summed E-state index contributed by atoms with van der Waals surface area (Å²) in [4.78, 5) is 2.55. The Balaban J connectivity index is 1.83. The monoisotopic (exact) mass is 338 g/mol. The van der Waals surface area contributed by atoms with Gasteiger partial charge in [-0.1, -0.05) is 6.07 Å². The Hall–Kier alpha value is -2.27. The van der Waals surface area contributed by atoms with Gasteiger partial charge in [0.2, 0.25) is 0 Å². The summed E-state index contributed by atoms with van der Waals surface area (Å²) in [6.45, 7) is 7.19. The summed E-state index contributed by atoms with van der Waals surface area (Å²) < 4.78 is 9.84. The first-order valence-corrected chi connectivity index (χ1v) is 9.13. The van der Waals surface area contributed by atoms with E-state index >= 15 is 0 Å². The topological polar surface area (TPSA) is 34.7 Å². The van der Waals surface area contributed by atoms with Crippen LogP contribution in [0.4, 0.5) is 5.82 Å². The minimum Gasteiger partial charge on any atom is -0.381 e. The van der Waals surface area contributed by atoms with Crippen LogP contribution in [0, 0.1) is 6.92 Å². The number of aryl methyl sites for hydroxylation is 2. The summed E-state index contributed by atoms with van der Waals surface area (Å²) in [6, 6.07) is 9.30.